The number of cyclic esters (lactones) is 2. The predicted octanol–water partition coefficient (Wildman–Crippen LogP) is 4.13. The maximum atomic E-state index is 13.6. The second-order valence-corrected chi connectivity index (χ2v) is 11.0. The second kappa shape index (κ2) is 14.3. The summed E-state index contributed by atoms with van der Waals surface area (Å²) in [7, 11) is 1.44. The first-order chi connectivity index (χ1) is 21.7. The summed E-state index contributed by atoms with van der Waals surface area (Å²) in [5, 5.41) is 2.62. The summed E-state index contributed by atoms with van der Waals surface area (Å²) in [5.41, 5.74) is 1.57. The van der Waals surface area contributed by atoms with Crippen molar-refractivity contribution in [1.29, 1.82) is 0 Å². The molecule has 3 heterocycles. The van der Waals surface area contributed by atoms with Crippen LogP contribution in [0.25, 0.3) is 0 Å². The Morgan fingerprint density at radius 3 is 2.60 bits per heavy atom. The van der Waals surface area contributed by atoms with Crippen molar-refractivity contribution in [3.05, 3.63) is 91.0 Å². The van der Waals surface area contributed by atoms with E-state index in [0.29, 0.717) is 17.9 Å². The van der Waals surface area contributed by atoms with Gasteiger partial charge in [0.2, 0.25) is 6.79 Å². The Bertz CT molecular complexity index is 1510. The molecule has 0 spiro atoms. The van der Waals surface area contributed by atoms with E-state index < -0.39 is 48.4 Å². The van der Waals surface area contributed by atoms with Gasteiger partial charge in [0, 0.05) is 18.2 Å². The number of methoxy groups -OCH3 is 1. The number of nitrogens with one attached hydrogen (secondary N) is 1. The van der Waals surface area contributed by atoms with Crippen LogP contribution in [-0.4, -0.2) is 55.5 Å². The second-order valence-electron chi connectivity index (χ2n) is 11.0. The fourth-order valence-electron chi connectivity index (χ4n) is 5.33. The number of fused-ring (bicyclic) bond motifs is 1. The Labute approximate surface area is 262 Å². The van der Waals surface area contributed by atoms with E-state index in [9.17, 15) is 14.4 Å². The lowest BCUT2D eigenvalue weighted by atomic mass is 9.78. The highest BCUT2D eigenvalue weighted by Gasteiger charge is 2.40. The number of nitrogens with zero attached hydrogens (tertiary/aromatic N) is 1. The van der Waals surface area contributed by atoms with E-state index in [1.165, 1.54) is 13.3 Å². The van der Waals surface area contributed by atoms with Crippen LogP contribution in [-0.2, 0) is 32.1 Å². The number of aromatic nitrogens is 1. The molecule has 1 N–H and O–H groups in total. The number of hydrogen-bond donors (Lipinski definition) is 1. The maximum Gasteiger partial charge on any atom is 0.332 e. The number of hydrogen-bond acceptors (Lipinski definition) is 10. The van der Waals surface area contributed by atoms with Crippen LogP contribution in [0.15, 0.2) is 60.8 Å². The molecule has 2 aromatic carbocycles. The monoisotopic (exact) mass is 616 g/mol. The largest absolute Gasteiger partial charge is 0.493 e. The van der Waals surface area contributed by atoms with Gasteiger partial charge in [-0.3, -0.25) is 9.59 Å². The smallest absolute Gasteiger partial charge is 0.332 e. The first kappa shape index (κ1) is 31.6. The molecule has 0 bridgehead atoms. The Hall–Kier alpha value is -4.80. The number of benzene rings is 2. The first-order valence-corrected chi connectivity index (χ1v) is 14.7. The highest BCUT2D eigenvalue weighted by atomic mass is 16.7. The van der Waals surface area contributed by atoms with Gasteiger partial charge in [0.05, 0.1) is 13.0 Å². The molecule has 1 unspecified atom stereocenters. The van der Waals surface area contributed by atoms with Gasteiger partial charge in [-0.2, -0.15) is 0 Å². The molecule has 11 nitrogen and oxygen atoms in total. The summed E-state index contributed by atoms with van der Waals surface area (Å²) in [6, 6.07) is 15.2. The molecule has 1 amide bonds. The molecule has 11 heteroatoms. The van der Waals surface area contributed by atoms with E-state index >= 15 is 0 Å². The average Bonchev–Trinajstić information content (AvgIpc) is 3.52. The number of rotatable bonds is 10. The zero-order valence-corrected chi connectivity index (χ0v) is 25.4. The molecule has 236 valence electrons. The molecule has 5 rings (SSSR count). The molecular formula is C34H36N2O9. The molecule has 3 aromatic rings. The molecule has 2 radical (unpaired) electrons. The Morgan fingerprint density at radius 2 is 1.84 bits per heavy atom. The van der Waals surface area contributed by atoms with E-state index in [4.69, 9.17) is 28.4 Å². The molecule has 2 aliphatic heterocycles. The van der Waals surface area contributed by atoms with Crippen molar-refractivity contribution < 1.29 is 42.8 Å². The van der Waals surface area contributed by atoms with Crippen molar-refractivity contribution in [2.24, 2.45) is 17.8 Å². The minimum absolute atomic E-state index is 0.0605. The van der Waals surface area contributed by atoms with Gasteiger partial charge in [-0.05, 0) is 48.9 Å². The molecule has 45 heavy (non-hydrogen) atoms. The minimum Gasteiger partial charge on any atom is -0.493 e. The van der Waals surface area contributed by atoms with Crippen molar-refractivity contribution in [2.75, 3.05) is 20.5 Å². The minimum atomic E-state index is -1.30. The van der Waals surface area contributed by atoms with Crippen LogP contribution in [0.2, 0.25) is 0 Å². The maximum absolute atomic E-state index is 13.6. The van der Waals surface area contributed by atoms with Gasteiger partial charge in [-0.15, -0.1) is 0 Å². The van der Waals surface area contributed by atoms with Crippen molar-refractivity contribution in [1.82, 2.24) is 10.3 Å². The van der Waals surface area contributed by atoms with Gasteiger partial charge in [-0.25, -0.2) is 9.78 Å². The van der Waals surface area contributed by atoms with E-state index in [-0.39, 0.29) is 36.5 Å². The number of carbonyl (C=O) groups excluding carboxylic acids is 3. The summed E-state index contributed by atoms with van der Waals surface area (Å²) in [6.07, 6.45) is 2.97. The molecule has 1 fully saturated rings. The number of amides is 1. The molecule has 0 saturated carbocycles. The third kappa shape index (κ3) is 7.65. The van der Waals surface area contributed by atoms with Crippen LogP contribution >= 0.6 is 0 Å². The van der Waals surface area contributed by atoms with Gasteiger partial charge in [0.1, 0.15) is 19.3 Å². The van der Waals surface area contributed by atoms with E-state index in [1.807, 2.05) is 49.7 Å². The molecule has 1 aromatic heterocycles. The molecule has 2 aliphatic rings. The zero-order valence-electron chi connectivity index (χ0n) is 25.4. The van der Waals surface area contributed by atoms with E-state index in [1.54, 1.807) is 25.1 Å². The lowest BCUT2D eigenvalue weighted by molar-refractivity contribution is -0.153. The molecular weight excluding hydrogens is 580 g/mol. The Balaban J connectivity index is 1.34. The predicted molar refractivity (Wildman–Crippen MR) is 161 cm³/mol. The zero-order chi connectivity index (χ0) is 31.9. The van der Waals surface area contributed by atoms with Gasteiger partial charge < -0.3 is 33.7 Å². The van der Waals surface area contributed by atoms with Gasteiger partial charge in [0.15, 0.2) is 34.7 Å². The number of carbonyl (C=O) groups is 3. The summed E-state index contributed by atoms with van der Waals surface area (Å²) in [4.78, 5) is 44.6. The molecule has 0 aliphatic carbocycles. The lowest BCUT2D eigenvalue weighted by Gasteiger charge is -2.30. The van der Waals surface area contributed by atoms with Crippen LogP contribution in [0.4, 0.5) is 0 Å². The standard InChI is InChI=1S/C34H36N2O9/c1-20(2)14-24-21(3)45-34(39)26(18-42-33(38)25(24)15-22-8-6-5-7-9-22)36-32(37)30-31(28(40-4)12-13-35-30)41-17-23-10-11-27-29(16-23)44-19-43-27/h5-14,16,20-21,24-26H,1,15,17-19H2,2-4H3,(H,36,37)/t20?,21-,24-,25+,26-/m0/s1. The average molecular weight is 617 g/mol. The summed E-state index contributed by atoms with van der Waals surface area (Å²) >= 11 is 0. The van der Waals surface area contributed by atoms with Crippen molar-refractivity contribution in [3.8, 4) is 23.0 Å². The fourth-order valence-corrected chi connectivity index (χ4v) is 5.33. The number of ether oxygens (including phenoxy) is 6. The van der Waals surface area contributed by atoms with Crippen molar-refractivity contribution in [2.45, 2.75) is 39.0 Å². The van der Waals surface area contributed by atoms with Crippen LogP contribution in [0, 0.1) is 31.1 Å². The van der Waals surface area contributed by atoms with E-state index in [2.05, 4.69) is 17.2 Å². The number of esters is 2. The fraction of sp³-hybridized carbons (Fsp3) is 0.353. The third-order valence-corrected chi connectivity index (χ3v) is 7.57. The lowest BCUT2D eigenvalue weighted by Crippen LogP contribution is -2.46. The summed E-state index contributed by atoms with van der Waals surface area (Å²) < 4.78 is 33.7. The topological polar surface area (TPSA) is 132 Å². The third-order valence-electron chi connectivity index (χ3n) is 7.57. The van der Waals surface area contributed by atoms with Crippen LogP contribution in [0.5, 0.6) is 23.0 Å². The normalized spacial score (nSPS) is 21.2. The highest BCUT2D eigenvalue weighted by Crippen LogP contribution is 2.35. The first-order valence-electron chi connectivity index (χ1n) is 14.7. The summed E-state index contributed by atoms with van der Waals surface area (Å²) in [5.74, 6) is -1.68. The van der Waals surface area contributed by atoms with Gasteiger partial charge >= 0.3 is 11.9 Å². The summed E-state index contributed by atoms with van der Waals surface area (Å²) in [6.45, 7) is 7.43. The van der Waals surface area contributed by atoms with E-state index in [0.717, 1.165) is 11.1 Å². The molecule has 1 saturated heterocycles. The van der Waals surface area contributed by atoms with Crippen LogP contribution < -0.4 is 24.3 Å². The Kier molecular flexibility index (Phi) is 10.1. The van der Waals surface area contributed by atoms with Gasteiger partial charge in [-0.1, -0.05) is 50.2 Å². The Morgan fingerprint density at radius 1 is 1.07 bits per heavy atom. The highest BCUT2D eigenvalue weighted by molar-refractivity contribution is 5.98. The molecule has 5 atom stereocenters. The number of pyridine rings is 1. The quantitative estimate of drug-likeness (QED) is 0.332. The van der Waals surface area contributed by atoms with Crippen molar-refractivity contribution in [3.63, 3.8) is 0 Å². The SMILES string of the molecule is [CH2]C(C)[CH][C@H]1[C@H](C)OC(=O)[C@@H](NC(=O)c2nccc(OC)c2OCc2ccc3c(c2)OCO3)COC(=O)[C@@H]1Cc1ccccc1. The van der Waals surface area contributed by atoms with Gasteiger partial charge in [0.25, 0.3) is 5.91 Å². The van der Waals surface area contributed by atoms with Crippen LogP contribution in [0.3, 0.4) is 0 Å². The van der Waals surface area contributed by atoms with Crippen molar-refractivity contribution >= 4 is 17.8 Å². The van der Waals surface area contributed by atoms with Crippen LogP contribution in [0.1, 0.15) is 35.5 Å².